The lowest BCUT2D eigenvalue weighted by molar-refractivity contribution is -0.122. The van der Waals surface area contributed by atoms with E-state index in [1.807, 2.05) is 25.1 Å². The first kappa shape index (κ1) is 21.6. The summed E-state index contributed by atoms with van der Waals surface area (Å²) in [4.78, 5) is 43.7. The predicted molar refractivity (Wildman–Crippen MR) is 126 cm³/mol. The second-order valence-corrected chi connectivity index (χ2v) is 8.25. The molecule has 32 heavy (non-hydrogen) atoms. The van der Waals surface area contributed by atoms with Gasteiger partial charge in [-0.15, -0.1) is 0 Å². The highest BCUT2D eigenvalue weighted by Crippen LogP contribution is 2.34. The molecule has 0 radical (unpaired) electrons. The van der Waals surface area contributed by atoms with E-state index in [1.54, 1.807) is 58.5 Å². The topological polar surface area (TPSA) is 85.9 Å². The van der Waals surface area contributed by atoms with Crippen LogP contribution in [0.5, 0.6) is 0 Å². The number of aliphatic imine (C=N–C) groups is 1. The number of aryl methyl sites for hydroxylation is 2. The number of fused-ring (bicyclic) bond motifs is 1. The van der Waals surface area contributed by atoms with Crippen LogP contribution < -0.4 is 5.69 Å². The zero-order valence-corrected chi connectivity index (χ0v) is 19.0. The quantitative estimate of drug-likeness (QED) is 0.450. The smallest absolute Gasteiger partial charge is 0.337 e. The molecule has 1 fully saturated rings. The fourth-order valence-electron chi connectivity index (χ4n) is 3.57. The Labute approximate surface area is 188 Å². The number of aromatic nitrogens is 2. The highest BCUT2D eigenvalue weighted by molar-refractivity contribution is 8.18. The van der Waals surface area contributed by atoms with E-state index in [4.69, 9.17) is 4.74 Å². The third-order valence-electron chi connectivity index (χ3n) is 5.29. The molecule has 8 nitrogen and oxygen atoms in total. The lowest BCUT2D eigenvalue weighted by Gasteiger charge is -2.12. The summed E-state index contributed by atoms with van der Waals surface area (Å²) < 4.78 is 7.94. The van der Waals surface area contributed by atoms with E-state index in [1.165, 1.54) is 18.9 Å². The Morgan fingerprint density at radius 3 is 2.56 bits per heavy atom. The van der Waals surface area contributed by atoms with Gasteiger partial charge in [0.05, 0.1) is 34.3 Å². The number of carbonyl (C=O) groups is 2. The molecule has 1 aliphatic heterocycles. The zero-order valence-electron chi connectivity index (χ0n) is 18.2. The van der Waals surface area contributed by atoms with Crippen LogP contribution in [0, 0.1) is 0 Å². The number of benzene rings is 2. The zero-order chi connectivity index (χ0) is 23.0. The van der Waals surface area contributed by atoms with Crippen LogP contribution in [-0.4, -0.2) is 44.7 Å². The van der Waals surface area contributed by atoms with Crippen LogP contribution in [0.1, 0.15) is 22.8 Å². The lowest BCUT2D eigenvalue weighted by atomic mass is 10.2. The first-order chi connectivity index (χ1) is 15.3. The molecular weight excluding hydrogens is 428 g/mol. The third-order valence-corrected chi connectivity index (χ3v) is 6.30. The predicted octanol–water partition coefficient (Wildman–Crippen LogP) is 3.29. The number of esters is 1. The highest BCUT2D eigenvalue weighted by atomic mass is 32.2. The molecule has 1 amide bonds. The van der Waals surface area contributed by atoms with Crippen molar-refractivity contribution in [1.82, 2.24) is 14.0 Å². The largest absolute Gasteiger partial charge is 0.465 e. The number of thioether (sulfide) groups is 1. The number of amidine groups is 1. The minimum absolute atomic E-state index is 0.100. The number of ether oxygens (including phenoxy) is 1. The van der Waals surface area contributed by atoms with Gasteiger partial charge in [0.15, 0.2) is 5.17 Å². The fourth-order valence-corrected chi connectivity index (χ4v) is 4.63. The number of imidazole rings is 1. The number of hydrogen-bond acceptors (Lipinski definition) is 6. The Morgan fingerprint density at radius 1 is 1.09 bits per heavy atom. The van der Waals surface area contributed by atoms with Gasteiger partial charge >= 0.3 is 11.7 Å². The molecule has 0 saturated carbocycles. The summed E-state index contributed by atoms with van der Waals surface area (Å²) in [5.74, 6) is -0.580. The first-order valence-electron chi connectivity index (χ1n) is 9.98. The van der Waals surface area contributed by atoms with Crippen LogP contribution in [0.3, 0.4) is 0 Å². The van der Waals surface area contributed by atoms with Gasteiger partial charge in [-0.05, 0) is 60.7 Å². The van der Waals surface area contributed by atoms with Gasteiger partial charge < -0.3 is 4.74 Å². The summed E-state index contributed by atoms with van der Waals surface area (Å²) in [7, 11) is 4.78. The number of methoxy groups -OCH3 is 1. The van der Waals surface area contributed by atoms with Crippen LogP contribution in [0.4, 0.5) is 5.69 Å². The van der Waals surface area contributed by atoms with Gasteiger partial charge in [0.1, 0.15) is 0 Å². The van der Waals surface area contributed by atoms with Gasteiger partial charge in [-0.1, -0.05) is 12.1 Å². The molecular formula is C23H22N4O4S. The number of hydrogen-bond donors (Lipinski definition) is 0. The summed E-state index contributed by atoms with van der Waals surface area (Å²) >= 11 is 1.28. The van der Waals surface area contributed by atoms with E-state index in [0.717, 1.165) is 16.6 Å². The maximum absolute atomic E-state index is 13.0. The molecule has 2 heterocycles. The van der Waals surface area contributed by atoms with E-state index in [9.17, 15) is 14.4 Å². The van der Waals surface area contributed by atoms with Crippen LogP contribution in [-0.2, 0) is 23.6 Å². The van der Waals surface area contributed by atoms with Gasteiger partial charge in [0.25, 0.3) is 5.91 Å². The van der Waals surface area contributed by atoms with Gasteiger partial charge in [0, 0.05) is 20.6 Å². The Bertz CT molecular complexity index is 1370. The molecule has 0 atom stereocenters. The van der Waals surface area contributed by atoms with Crippen molar-refractivity contribution in [3.8, 4) is 0 Å². The molecule has 0 spiro atoms. The maximum atomic E-state index is 13.0. The van der Waals surface area contributed by atoms with Crippen molar-refractivity contribution >= 4 is 51.6 Å². The normalized spacial score (nSPS) is 16.5. The summed E-state index contributed by atoms with van der Waals surface area (Å²) in [6.07, 6.45) is 1.81. The fraction of sp³-hybridized carbons (Fsp3) is 0.217. The van der Waals surface area contributed by atoms with Crippen molar-refractivity contribution in [1.29, 1.82) is 0 Å². The van der Waals surface area contributed by atoms with E-state index < -0.39 is 5.97 Å². The molecule has 9 heteroatoms. The van der Waals surface area contributed by atoms with Crippen LogP contribution in [0.15, 0.2) is 57.2 Å². The number of rotatable bonds is 4. The number of nitrogens with zero attached hydrogens (tertiary/aromatic N) is 4. The summed E-state index contributed by atoms with van der Waals surface area (Å²) in [6.45, 7) is 2.35. The van der Waals surface area contributed by atoms with Gasteiger partial charge in [-0.3, -0.25) is 18.8 Å². The maximum Gasteiger partial charge on any atom is 0.337 e. The minimum Gasteiger partial charge on any atom is -0.465 e. The van der Waals surface area contributed by atoms with E-state index in [2.05, 4.69) is 4.99 Å². The standard InChI is InChI=1S/C23H22N4O4S/c1-5-27-20(28)19(12-14-9-10-17-18(11-14)26(3)23(30)25(17)2)32-22(27)24-16-8-6-7-15(13-16)21(29)31-4/h6-13H,5H2,1-4H3. The van der Waals surface area contributed by atoms with Crippen LogP contribution in [0.2, 0.25) is 0 Å². The Morgan fingerprint density at radius 2 is 1.84 bits per heavy atom. The lowest BCUT2D eigenvalue weighted by Crippen LogP contribution is -2.28. The molecule has 1 aromatic heterocycles. The highest BCUT2D eigenvalue weighted by Gasteiger charge is 2.32. The Kier molecular flexibility index (Phi) is 5.75. The third kappa shape index (κ3) is 3.75. The summed E-state index contributed by atoms with van der Waals surface area (Å²) in [5, 5.41) is 0.541. The molecule has 164 valence electrons. The number of carbonyl (C=O) groups excluding carboxylic acids is 2. The molecule has 4 rings (SSSR count). The summed E-state index contributed by atoms with van der Waals surface area (Å²) in [5.41, 5.74) is 3.29. The van der Waals surface area contributed by atoms with E-state index in [-0.39, 0.29) is 11.6 Å². The monoisotopic (exact) mass is 450 g/mol. The SMILES string of the molecule is CCN1C(=O)C(=Cc2ccc3c(c2)n(C)c(=O)n3C)SC1=Nc1cccc(C(=O)OC)c1. The second-order valence-electron chi connectivity index (χ2n) is 7.25. The van der Waals surface area contributed by atoms with E-state index in [0.29, 0.717) is 27.9 Å². The molecule has 3 aromatic rings. The van der Waals surface area contributed by atoms with E-state index >= 15 is 0 Å². The van der Waals surface area contributed by atoms with Crippen molar-refractivity contribution in [3.05, 3.63) is 69.0 Å². The molecule has 0 unspecified atom stereocenters. The van der Waals surface area contributed by atoms with Crippen molar-refractivity contribution in [3.63, 3.8) is 0 Å². The molecule has 0 aliphatic carbocycles. The number of likely N-dealkylation sites (N-methyl/N-ethyl adjacent to an activating group) is 1. The minimum atomic E-state index is -0.444. The molecule has 1 saturated heterocycles. The van der Waals surface area contributed by atoms with Crippen LogP contribution in [0.25, 0.3) is 17.1 Å². The second kappa shape index (κ2) is 8.51. The van der Waals surface area contributed by atoms with Gasteiger partial charge in [-0.2, -0.15) is 0 Å². The Hall–Kier alpha value is -3.59. The van der Waals surface area contributed by atoms with Crippen LogP contribution >= 0.6 is 11.8 Å². The average molecular weight is 451 g/mol. The Balaban J connectivity index is 1.70. The van der Waals surface area contributed by atoms with Crippen molar-refractivity contribution in [2.24, 2.45) is 19.1 Å². The molecule has 0 N–H and O–H groups in total. The molecule has 0 bridgehead atoms. The van der Waals surface area contributed by atoms with Gasteiger partial charge in [-0.25, -0.2) is 14.6 Å². The summed E-state index contributed by atoms with van der Waals surface area (Å²) in [6, 6.07) is 12.4. The number of amides is 1. The average Bonchev–Trinajstić information content (AvgIpc) is 3.21. The molecule has 2 aromatic carbocycles. The first-order valence-corrected chi connectivity index (χ1v) is 10.8. The van der Waals surface area contributed by atoms with Crippen molar-refractivity contribution in [2.45, 2.75) is 6.92 Å². The van der Waals surface area contributed by atoms with Gasteiger partial charge in [0.2, 0.25) is 0 Å². The van der Waals surface area contributed by atoms with Crippen molar-refractivity contribution < 1.29 is 14.3 Å². The molecule has 1 aliphatic rings. The van der Waals surface area contributed by atoms with Crippen molar-refractivity contribution in [2.75, 3.05) is 13.7 Å².